The number of nitrogens with one attached hydrogen (secondary N) is 1. The first kappa shape index (κ1) is 14.3. The molecule has 2 aliphatic heterocycles. The van der Waals surface area contributed by atoms with Crippen molar-refractivity contribution in [3.05, 3.63) is 0 Å². The molecule has 0 saturated carbocycles. The molecule has 0 radical (unpaired) electrons. The lowest BCUT2D eigenvalue weighted by Gasteiger charge is -2.43. The van der Waals surface area contributed by atoms with Gasteiger partial charge >= 0.3 is 0 Å². The summed E-state index contributed by atoms with van der Waals surface area (Å²) in [5.74, 6) is 0. The van der Waals surface area contributed by atoms with Gasteiger partial charge < -0.3 is 20.1 Å². The van der Waals surface area contributed by atoms with Crippen molar-refractivity contribution < 1.29 is 9.84 Å². The molecule has 0 aliphatic carbocycles. The van der Waals surface area contributed by atoms with E-state index < -0.39 is 0 Å². The Bertz CT molecular complexity index is 242. The van der Waals surface area contributed by atoms with Crippen molar-refractivity contribution in [1.82, 2.24) is 10.2 Å². The molecule has 2 rings (SSSR count). The summed E-state index contributed by atoms with van der Waals surface area (Å²) < 4.78 is 5.52. The summed E-state index contributed by atoms with van der Waals surface area (Å²) in [4.78, 5) is 2.46. The van der Waals surface area contributed by atoms with Gasteiger partial charge in [-0.1, -0.05) is 6.92 Å². The molecule has 0 aromatic rings. The topological polar surface area (TPSA) is 44.7 Å². The molecule has 4 nitrogen and oxygen atoms in total. The van der Waals surface area contributed by atoms with Crippen LogP contribution in [-0.4, -0.2) is 62.0 Å². The number of rotatable bonds is 5. The van der Waals surface area contributed by atoms with Gasteiger partial charge in [0.05, 0.1) is 6.10 Å². The zero-order valence-corrected chi connectivity index (χ0v) is 11.7. The number of aliphatic hydroxyl groups is 1. The SMILES string of the molecule is CCNCC1(CN2CCCC(O)C2)CCOCC1. The molecule has 2 saturated heterocycles. The lowest BCUT2D eigenvalue weighted by atomic mass is 9.79. The Morgan fingerprint density at radius 3 is 2.83 bits per heavy atom. The molecule has 106 valence electrons. The fourth-order valence-corrected chi connectivity index (χ4v) is 3.23. The number of likely N-dealkylation sites (tertiary alicyclic amines) is 1. The Hall–Kier alpha value is -0.160. The molecule has 0 amide bonds. The summed E-state index contributed by atoms with van der Waals surface area (Å²) in [6.07, 6.45) is 4.28. The lowest BCUT2D eigenvalue weighted by Crippen LogP contribution is -2.50. The normalized spacial score (nSPS) is 29.3. The smallest absolute Gasteiger partial charge is 0.0667 e. The fourth-order valence-electron chi connectivity index (χ4n) is 3.23. The molecule has 1 atom stereocenters. The van der Waals surface area contributed by atoms with E-state index in [2.05, 4.69) is 17.1 Å². The van der Waals surface area contributed by atoms with Crippen LogP contribution in [0.15, 0.2) is 0 Å². The van der Waals surface area contributed by atoms with Crippen molar-refractivity contribution >= 4 is 0 Å². The molecule has 0 aromatic heterocycles. The molecular weight excluding hydrogens is 228 g/mol. The van der Waals surface area contributed by atoms with Crippen molar-refractivity contribution in [1.29, 1.82) is 0 Å². The highest BCUT2D eigenvalue weighted by atomic mass is 16.5. The lowest BCUT2D eigenvalue weighted by molar-refractivity contribution is -0.0198. The minimum absolute atomic E-state index is 0.116. The highest BCUT2D eigenvalue weighted by Crippen LogP contribution is 2.31. The minimum Gasteiger partial charge on any atom is -0.392 e. The molecule has 2 fully saturated rings. The molecule has 2 N–H and O–H groups in total. The Kier molecular flexibility index (Phi) is 5.42. The molecule has 0 aromatic carbocycles. The summed E-state index contributed by atoms with van der Waals surface area (Å²) in [6.45, 7) is 9.17. The van der Waals surface area contributed by atoms with Crippen molar-refractivity contribution in [2.75, 3.05) is 45.9 Å². The van der Waals surface area contributed by atoms with Crippen LogP contribution in [0.25, 0.3) is 0 Å². The average molecular weight is 256 g/mol. The van der Waals surface area contributed by atoms with E-state index >= 15 is 0 Å². The van der Waals surface area contributed by atoms with E-state index in [1.165, 1.54) is 0 Å². The van der Waals surface area contributed by atoms with Gasteiger partial charge in [-0.2, -0.15) is 0 Å². The number of piperidine rings is 1. The number of ether oxygens (including phenoxy) is 1. The third-order valence-electron chi connectivity index (χ3n) is 4.34. The molecule has 1 unspecified atom stereocenters. The van der Waals surface area contributed by atoms with Gasteiger partial charge in [-0.3, -0.25) is 0 Å². The predicted molar refractivity (Wildman–Crippen MR) is 72.7 cm³/mol. The first-order chi connectivity index (χ1) is 8.74. The van der Waals surface area contributed by atoms with Crippen LogP contribution in [0.3, 0.4) is 0 Å². The van der Waals surface area contributed by atoms with E-state index in [-0.39, 0.29) is 6.10 Å². The van der Waals surface area contributed by atoms with Crippen LogP contribution in [0.1, 0.15) is 32.6 Å². The average Bonchev–Trinajstić information content (AvgIpc) is 2.38. The van der Waals surface area contributed by atoms with E-state index in [0.717, 1.165) is 71.6 Å². The number of β-amino-alcohol motifs (C(OH)–C–C–N with tert-alkyl or cyclic N) is 1. The van der Waals surface area contributed by atoms with Crippen LogP contribution in [-0.2, 0) is 4.74 Å². The molecular formula is C14H28N2O2. The maximum absolute atomic E-state index is 9.79. The quantitative estimate of drug-likeness (QED) is 0.765. The van der Waals surface area contributed by atoms with Gasteiger partial charge in [-0.05, 0) is 44.2 Å². The second-order valence-corrected chi connectivity index (χ2v) is 5.92. The third-order valence-corrected chi connectivity index (χ3v) is 4.34. The number of nitrogens with zero attached hydrogens (tertiary/aromatic N) is 1. The van der Waals surface area contributed by atoms with Crippen LogP contribution >= 0.6 is 0 Å². The highest BCUT2D eigenvalue weighted by Gasteiger charge is 2.35. The van der Waals surface area contributed by atoms with Gasteiger partial charge in [-0.25, -0.2) is 0 Å². The van der Waals surface area contributed by atoms with Crippen LogP contribution < -0.4 is 5.32 Å². The number of hydrogen-bond acceptors (Lipinski definition) is 4. The van der Waals surface area contributed by atoms with Gasteiger partial charge in [0.1, 0.15) is 0 Å². The highest BCUT2D eigenvalue weighted by molar-refractivity contribution is 4.88. The van der Waals surface area contributed by atoms with Crippen LogP contribution in [0.4, 0.5) is 0 Å². The van der Waals surface area contributed by atoms with Gasteiger partial charge in [0.2, 0.25) is 0 Å². The Morgan fingerprint density at radius 1 is 1.39 bits per heavy atom. The fraction of sp³-hybridized carbons (Fsp3) is 1.00. The van der Waals surface area contributed by atoms with E-state index in [4.69, 9.17) is 4.74 Å². The number of aliphatic hydroxyl groups excluding tert-OH is 1. The van der Waals surface area contributed by atoms with Crippen molar-refractivity contribution in [3.8, 4) is 0 Å². The molecule has 4 heteroatoms. The molecule has 0 bridgehead atoms. The first-order valence-electron chi connectivity index (χ1n) is 7.43. The zero-order chi connectivity index (χ0) is 12.8. The van der Waals surface area contributed by atoms with E-state index in [1.807, 2.05) is 0 Å². The second kappa shape index (κ2) is 6.85. The van der Waals surface area contributed by atoms with Crippen LogP contribution in [0, 0.1) is 5.41 Å². The predicted octanol–water partition coefficient (Wildman–Crippen LogP) is 0.849. The summed E-state index contributed by atoms with van der Waals surface area (Å²) in [6, 6.07) is 0. The molecule has 2 heterocycles. The summed E-state index contributed by atoms with van der Waals surface area (Å²) in [7, 11) is 0. The molecule has 18 heavy (non-hydrogen) atoms. The van der Waals surface area contributed by atoms with E-state index in [1.54, 1.807) is 0 Å². The largest absolute Gasteiger partial charge is 0.392 e. The molecule has 0 spiro atoms. The maximum atomic E-state index is 9.79. The van der Waals surface area contributed by atoms with E-state index in [9.17, 15) is 5.11 Å². The van der Waals surface area contributed by atoms with Crippen molar-refractivity contribution in [2.45, 2.75) is 38.7 Å². The first-order valence-corrected chi connectivity index (χ1v) is 7.43. The molecule has 2 aliphatic rings. The summed E-state index contributed by atoms with van der Waals surface area (Å²) in [5, 5.41) is 13.3. The third kappa shape index (κ3) is 3.92. The second-order valence-electron chi connectivity index (χ2n) is 5.92. The van der Waals surface area contributed by atoms with Crippen LogP contribution in [0.5, 0.6) is 0 Å². The zero-order valence-electron chi connectivity index (χ0n) is 11.7. The standard InChI is InChI=1S/C14H28N2O2/c1-2-15-11-14(5-8-18-9-6-14)12-16-7-3-4-13(17)10-16/h13,15,17H,2-12H2,1H3. The van der Waals surface area contributed by atoms with Gasteiger partial charge in [0.25, 0.3) is 0 Å². The summed E-state index contributed by atoms with van der Waals surface area (Å²) in [5.41, 5.74) is 0.353. The monoisotopic (exact) mass is 256 g/mol. The van der Waals surface area contributed by atoms with Crippen molar-refractivity contribution in [3.63, 3.8) is 0 Å². The Labute approximate surface area is 111 Å². The Morgan fingerprint density at radius 2 is 2.17 bits per heavy atom. The van der Waals surface area contributed by atoms with Gasteiger partial charge in [0, 0.05) is 32.8 Å². The van der Waals surface area contributed by atoms with Crippen molar-refractivity contribution in [2.24, 2.45) is 5.41 Å². The Balaban J connectivity index is 1.91. The summed E-state index contributed by atoms with van der Waals surface area (Å²) >= 11 is 0. The van der Waals surface area contributed by atoms with Gasteiger partial charge in [-0.15, -0.1) is 0 Å². The van der Waals surface area contributed by atoms with E-state index in [0.29, 0.717) is 5.41 Å². The minimum atomic E-state index is -0.116. The number of hydrogen-bond donors (Lipinski definition) is 2. The van der Waals surface area contributed by atoms with Gasteiger partial charge in [0.15, 0.2) is 0 Å². The maximum Gasteiger partial charge on any atom is 0.0667 e. The van der Waals surface area contributed by atoms with Crippen LogP contribution in [0.2, 0.25) is 0 Å².